The van der Waals surface area contributed by atoms with E-state index in [1.807, 2.05) is 0 Å². The lowest BCUT2D eigenvalue weighted by atomic mass is 10.2. The first-order chi connectivity index (χ1) is 13.4. The molecular formula is C19H21N3O5S. The van der Waals surface area contributed by atoms with Crippen LogP contribution in [0.1, 0.15) is 24.8 Å². The number of nitro benzene ring substituents is 1. The van der Waals surface area contributed by atoms with Gasteiger partial charge in [-0.25, -0.2) is 8.42 Å². The van der Waals surface area contributed by atoms with Crippen LogP contribution in [0.5, 0.6) is 5.75 Å². The predicted molar refractivity (Wildman–Crippen MR) is 106 cm³/mol. The minimum atomic E-state index is -3.75. The molecule has 1 aliphatic heterocycles. The van der Waals surface area contributed by atoms with Gasteiger partial charge in [0.2, 0.25) is 10.0 Å². The predicted octanol–water partition coefficient (Wildman–Crippen LogP) is 3.53. The van der Waals surface area contributed by atoms with Crippen molar-refractivity contribution >= 4 is 27.6 Å². The van der Waals surface area contributed by atoms with Crippen LogP contribution in [0.25, 0.3) is 0 Å². The van der Waals surface area contributed by atoms with E-state index in [0.29, 0.717) is 24.4 Å². The molecule has 0 unspecified atom stereocenters. The van der Waals surface area contributed by atoms with Gasteiger partial charge in [0.1, 0.15) is 10.6 Å². The van der Waals surface area contributed by atoms with Gasteiger partial charge in [-0.1, -0.05) is 18.6 Å². The number of nitro groups is 1. The number of hydrogen-bond donors (Lipinski definition) is 0. The molecule has 3 rings (SSSR count). The van der Waals surface area contributed by atoms with E-state index >= 15 is 0 Å². The Hall–Kier alpha value is -2.78. The summed E-state index contributed by atoms with van der Waals surface area (Å²) >= 11 is 0. The summed E-state index contributed by atoms with van der Waals surface area (Å²) < 4.78 is 32.9. The molecule has 28 heavy (non-hydrogen) atoms. The topological polar surface area (TPSA) is 102 Å². The number of nitrogens with zero attached hydrogens (tertiary/aromatic N) is 3. The number of hydrogen-bond acceptors (Lipinski definition) is 6. The highest BCUT2D eigenvalue weighted by Gasteiger charge is 2.28. The normalized spacial score (nSPS) is 15.6. The molecule has 2 aromatic carbocycles. The van der Waals surface area contributed by atoms with E-state index in [2.05, 4.69) is 4.99 Å². The molecule has 1 heterocycles. The zero-order valence-corrected chi connectivity index (χ0v) is 16.3. The van der Waals surface area contributed by atoms with Crippen LogP contribution < -0.4 is 4.74 Å². The fraction of sp³-hybridized carbons (Fsp3) is 0.316. The summed E-state index contributed by atoms with van der Waals surface area (Å²) in [6.07, 6.45) is 3.96. The van der Waals surface area contributed by atoms with Gasteiger partial charge in [-0.15, -0.1) is 0 Å². The average Bonchev–Trinajstić information content (AvgIpc) is 2.72. The molecule has 0 aliphatic carbocycles. The number of sulfonamides is 1. The Kier molecular flexibility index (Phi) is 6.05. The van der Waals surface area contributed by atoms with Crippen molar-refractivity contribution in [3.8, 4) is 5.75 Å². The van der Waals surface area contributed by atoms with Crippen LogP contribution in [0.15, 0.2) is 52.4 Å². The van der Waals surface area contributed by atoms with E-state index in [-0.39, 0.29) is 16.3 Å². The third-order valence-electron chi connectivity index (χ3n) is 4.58. The largest absolute Gasteiger partial charge is 0.497 e. The standard InChI is InChI=1S/C19H21N3O5S/c1-27-16-9-10-17(20-14-15-7-3-4-8-18(15)22(23)24)19(13-16)28(25,26)21-11-5-2-6-12-21/h3-4,7-10,13-14H,2,5-6,11-12H2,1H3. The van der Waals surface area contributed by atoms with Crippen LogP contribution in [0.2, 0.25) is 0 Å². The molecular weight excluding hydrogens is 382 g/mol. The highest BCUT2D eigenvalue weighted by atomic mass is 32.2. The Morgan fingerprint density at radius 2 is 1.86 bits per heavy atom. The molecule has 1 fully saturated rings. The highest BCUT2D eigenvalue weighted by molar-refractivity contribution is 7.89. The number of rotatable bonds is 6. The average molecular weight is 403 g/mol. The zero-order chi connectivity index (χ0) is 20.1. The van der Waals surface area contributed by atoms with Gasteiger partial charge < -0.3 is 4.74 Å². The first-order valence-corrected chi connectivity index (χ1v) is 10.3. The van der Waals surface area contributed by atoms with Crippen LogP contribution in [0.3, 0.4) is 0 Å². The summed E-state index contributed by atoms with van der Waals surface area (Å²) in [5, 5.41) is 11.2. The lowest BCUT2D eigenvalue weighted by molar-refractivity contribution is -0.385. The molecule has 8 nitrogen and oxygen atoms in total. The maximum Gasteiger partial charge on any atom is 0.278 e. The molecule has 9 heteroatoms. The maximum atomic E-state index is 13.2. The Morgan fingerprint density at radius 3 is 2.54 bits per heavy atom. The Bertz CT molecular complexity index is 998. The SMILES string of the molecule is COc1ccc(N=Cc2ccccc2[N+](=O)[O-])c(S(=O)(=O)N2CCCCC2)c1. The minimum absolute atomic E-state index is 0.0311. The number of methoxy groups -OCH3 is 1. The molecule has 0 bridgehead atoms. The molecule has 0 radical (unpaired) electrons. The van der Waals surface area contributed by atoms with Gasteiger partial charge in [0.15, 0.2) is 0 Å². The molecule has 1 saturated heterocycles. The molecule has 0 aromatic heterocycles. The second kappa shape index (κ2) is 8.49. The Balaban J connectivity index is 2.04. The van der Waals surface area contributed by atoms with Crippen LogP contribution in [-0.2, 0) is 10.0 Å². The van der Waals surface area contributed by atoms with Gasteiger partial charge in [0.25, 0.3) is 5.69 Å². The first kappa shape index (κ1) is 20.0. The van der Waals surface area contributed by atoms with E-state index in [1.165, 1.54) is 29.8 Å². The first-order valence-electron chi connectivity index (χ1n) is 8.89. The third kappa shape index (κ3) is 4.20. The van der Waals surface area contributed by atoms with E-state index in [0.717, 1.165) is 19.3 Å². The zero-order valence-electron chi connectivity index (χ0n) is 15.4. The molecule has 2 aromatic rings. The van der Waals surface area contributed by atoms with Crippen molar-refractivity contribution in [2.45, 2.75) is 24.2 Å². The molecule has 0 saturated carbocycles. The van der Waals surface area contributed by atoms with Gasteiger partial charge in [0, 0.05) is 31.4 Å². The quantitative estimate of drug-likeness (QED) is 0.417. The number of benzene rings is 2. The third-order valence-corrected chi connectivity index (χ3v) is 6.50. The molecule has 0 N–H and O–H groups in total. The van der Waals surface area contributed by atoms with E-state index in [1.54, 1.807) is 30.3 Å². The van der Waals surface area contributed by atoms with Crippen LogP contribution in [-0.4, -0.2) is 44.1 Å². The van der Waals surface area contributed by atoms with Gasteiger partial charge in [-0.3, -0.25) is 15.1 Å². The van der Waals surface area contributed by atoms with Crippen molar-refractivity contribution < 1.29 is 18.1 Å². The summed E-state index contributed by atoms with van der Waals surface area (Å²) in [6.45, 7) is 0.930. The van der Waals surface area contributed by atoms with Crippen molar-refractivity contribution in [1.82, 2.24) is 4.31 Å². The van der Waals surface area contributed by atoms with Gasteiger partial charge in [0.05, 0.1) is 23.3 Å². The van der Waals surface area contributed by atoms with Crippen LogP contribution in [0, 0.1) is 10.1 Å². The number of para-hydroxylation sites is 1. The van der Waals surface area contributed by atoms with Gasteiger partial charge in [-0.05, 0) is 31.0 Å². The molecule has 1 aliphatic rings. The molecule has 0 spiro atoms. The minimum Gasteiger partial charge on any atom is -0.497 e. The summed E-state index contributed by atoms with van der Waals surface area (Å²) in [6, 6.07) is 10.8. The maximum absolute atomic E-state index is 13.2. The summed E-state index contributed by atoms with van der Waals surface area (Å²) in [5.74, 6) is 0.403. The molecule has 0 amide bonds. The monoisotopic (exact) mass is 403 g/mol. The Morgan fingerprint density at radius 1 is 1.14 bits per heavy atom. The smallest absolute Gasteiger partial charge is 0.278 e. The van der Waals surface area contributed by atoms with E-state index in [4.69, 9.17) is 4.74 Å². The summed E-state index contributed by atoms with van der Waals surface area (Å²) in [4.78, 5) is 15.0. The van der Waals surface area contributed by atoms with Crippen LogP contribution in [0.4, 0.5) is 11.4 Å². The van der Waals surface area contributed by atoms with Gasteiger partial charge in [-0.2, -0.15) is 4.31 Å². The van der Waals surface area contributed by atoms with Crippen molar-refractivity contribution in [3.63, 3.8) is 0 Å². The fourth-order valence-corrected chi connectivity index (χ4v) is 4.75. The molecule has 148 valence electrons. The lowest BCUT2D eigenvalue weighted by Crippen LogP contribution is -2.35. The second-order valence-corrected chi connectivity index (χ2v) is 8.28. The van der Waals surface area contributed by atoms with E-state index in [9.17, 15) is 18.5 Å². The highest BCUT2D eigenvalue weighted by Crippen LogP contribution is 2.32. The van der Waals surface area contributed by atoms with Gasteiger partial charge >= 0.3 is 0 Å². The number of ether oxygens (including phenoxy) is 1. The fourth-order valence-electron chi connectivity index (χ4n) is 3.08. The van der Waals surface area contributed by atoms with Crippen molar-refractivity contribution in [2.24, 2.45) is 4.99 Å². The molecule has 0 atom stereocenters. The lowest BCUT2D eigenvalue weighted by Gasteiger charge is -2.26. The van der Waals surface area contributed by atoms with Crippen molar-refractivity contribution in [3.05, 3.63) is 58.1 Å². The summed E-state index contributed by atoms with van der Waals surface area (Å²) in [7, 11) is -2.29. The van der Waals surface area contributed by atoms with Crippen LogP contribution >= 0.6 is 0 Å². The Labute approximate surface area is 163 Å². The van der Waals surface area contributed by atoms with Crippen molar-refractivity contribution in [1.29, 1.82) is 0 Å². The summed E-state index contributed by atoms with van der Waals surface area (Å²) in [5.41, 5.74) is 0.411. The van der Waals surface area contributed by atoms with Crippen molar-refractivity contribution in [2.75, 3.05) is 20.2 Å². The number of aliphatic imine (C=N–C) groups is 1. The number of piperidine rings is 1. The second-order valence-electron chi connectivity index (χ2n) is 6.37. The van der Waals surface area contributed by atoms with E-state index < -0.39 is 14.9 Å².